The van der Waals surface area contributed by atoms with Crippen LogP contribution < -0.4 is 5.73 Å². The molecule has 0 spiro atoms. The van der Waals surface area contributed by atoms with Crippen LogP contribution >= 0.6 is 0 Å². The Balaban J connectivity index is 2.65. The van der Waals surface area contributed by atoms with E-state index in [0.29, 0.717) is 12.2 Å². The van der Waals surface area contributed by atoms with Gasteiger partial charge in [0.1, 0.15) is 5.82 Å². The molecule has 0 aliphatic rings. The number of nitrogen functional groups attached to an aromatic ring is 1. The van der Waals surface area contributed by atoms with Gasteiger partial charge in [0.05, 0.1) is 18.7 Å². The van der Waals surface area contributed by atoms with Crippen molar-refractivity contribution in [2.24, 2.45) is 0 Å². The maximum absolute atomic E-state index is 8.21. The predicted molar refractivity (Wildman–Crippen MR) is 42.3 cm³/mol. The monoisotopic (exact) mass is 148 g/mol. The van der Waals surface area contributed by atoms with Gasteiger partial charge in [-0.1, -0.05) is 12.2 Å². The van der Waals surface area contributed by atoms with Crippen molar-refractivity contribution in [3.8, 4) is 6.07 Å². The van der Waals surface area contributed by atoms with Gasteiger partial charge < -0.3 is 5.73 Å². The lowest BCUT2D eigenvalue weighted by Gasteiger charge is -1.85. The second-order valence-corrected chi connectivity index (χ2v) is 2.00. The van der Waals surface area contributed by atoms with Crippen molar-refractivity contribution < 1.29 is 0 Å². The molecule has 0 amide bonds. The summed E-state index contributed by atoms with van der Waals surface area (Å²) in [6.07, 6.45) is 5.51. The first-order valence-corrected chi connectivity index (χ1v) is 3.17. The molecule has 4 heteroatoms. The third kappa shape index (κ3) is 1.83. The van der Waals surface area contributed by atoms with Crippen molar-refractivity contribution in [1.82, 2.24) is 10.2 Å². The first-order chi connectivity index (χ1) is 5.34. The van der Waals surface area contributed by atoms with E-state index in [9.17, 15) is 0 Å². The van der Waals surface area contributed by atoms with Crippen LogP contribution in [0.4, 0.5) is 5.82 Å². The molecule has 0 atom stereocenters. The Morgan fingerprint density at radius 3 is 3.18 bits per heavy atom. The molecule has 11 heavy (non-hydrogen) atoms. The molecule has 1 heterocycles. The molecule has 0 radical (unpaired) electrons. The number of nitriles is 1. The molecular formula is C7H8N4. The van der Waals surface area contributed by atoms with Gasteiger partial charge in [0.2, 0.25) is 0 Å². The van der Waals surface area contributed by atoms with E-state index < -0.39 is 0 Å². The van der Waals surface area contributed by atoms with Crippen molar-refractivity contribution in [3.63, 3.8) is 0 Å². The number of anilines is 1. The molecule has 0 fully saturated rings. The zero-order valence-corrected chi connectivity index (χ0v) is 5.91. The summed E-state index contributed by atoms with van der Waals surface area (Å²) in [6, 6.07) is 1.99. The molecule has 4 nitrogen and oxygen atoms in total. The standard InChI is InChI=1S/C7H8N4/c8-4-2-1-3-6-5-10-11-7(6)9/h1,3,5H,2H2,(H3,9,10,11). The first kappa shape index (κ1) is 7.35. The molecular weight excluding hydrogens is 140 g/mol. The molecule has 0 unspecified atom stereocenters. The second-order valence-electron chi connectivity index (χ2n) is 2.00. The third-order valence-corrected chi connectivity index (χ3v) is 1.21. The average Bonchev–Trinajstić information content (AvgIpc) is 2.37. The fourth-order valence-corrected chi connectivity index (χ4v) is 0.677. The molecule has 0 aromatic carbocycles. The Labute approximate surface area is 64.3 Å². The van der Waals surface area contributed by atoms with Gasteiger partial charge in [0, 0.05) is 5.56 Å². The van der Waals surface area contributed by atoms with Crippen molar-refractivity contribution in [2.45, 2.75) is 6.42 Å². The number of aromatic amines is 1. The van der Waals surface area contributed by atoms with Crippen LogP contribution in [0.25, 0.3) is 6.08 Å². The molecule has 0 aliphatic heterocycles. The summed E-state index contributed by atoms with van der Waals surface area (Å²) < 4.78 is 0. The van der Waals surface area contributed by atoms with Crippen molar-refractivity contribution in [3.05, 3.63) is 17.8 Å². The first-order valence-electron chi connectivity index (χ1n) is 3.17. The smallest absolute Gasteiger partial charge is 0.126 e. The SMILES string of the molecule is N#CCC=Cc1cn[nH]c1N. The van der Waals surface area contributed by atoms with Gasteiger partial charge in [-0.25, -0.2) is 0 Å². The number of hydrogen-bond donors (Lipinski definition) is 2. The number of hydrogen-bond acceptors (Lipinski definition) is 3. The molecule has 0 bridgehead atoms. The van der Waals surface area contributed by atoms with E-state index in [2.05, 4.69) is 10.2 Å². The Hall–Kier alpha value is -1.76. The summed E-state index contributed by atoms with van der Waals surface area (Å²) in [6.45, 7) is 0. The minimum absolute atomic E-state index is 0.393. The molecule has 0 saturated carbocycles. The summed E-state index contributed by atoms with van der Waals surface area (Å²) in [7, 11) is 0. The summed E-state index contributed by atoms with van der Waals surface area (Å²) in [5.74, 6) is 0.527. The summed E-state index contributed by atoms with van der Waals surface area (Å²) >= 11 is 0. The van der Waals surface area contributed by atoms with E-state index in [-0.39, 0.29) is 0 Å². The lowest BCUT2D eigenvalue weighted by Crippen LogP contribution is -1.85. The zero-order chi connectivity index (χ0) is 8.10. The largest absolute Gasteiger partial charge is 0.384 e. The maximum atomic E-state index is 8.21. The van der Waals surface area contributed by atoms with Crippen LogP contribution in [-0.4, -0.2) is 10.2 Å². The van der Waals surface area contributed by atoms with Gasteiger partial charge in [0.15, 0.2) is 0 Å². The molecule has 56 valence electrons. The van der Waals surface area contributed by atoms with Crippen LogP contribution in [0.15, 0.2) is 12.3 Å². The Kier molecular flexibility index (Phi) is 2.28. The quantitative estimate of drug-likeness (QED) is 0.654. The fourth-order valence-electron chi connectivity index (χ4n) is 0.677. The minimum Gasteiger partial charge on any atom is -0.384 e. The number of H-pyrrole nitrogens is 1. The molecule has 1 rings (SSSR count). The number of aromatic nitrogens is 2. The van der Waals surface area contributed by atoms with Crippen LogP contribution in [0.2, 0.25) is 0 Å². The van der Waals surface area contributed by atoms with E-state index in [1.54, 1.807) is 18.3 Å². The van der Waals surface area contributed by atoms with Gasteiger partial charge in [-0.2, -0.15) is 10.4 Å². The van der Waals surface area contributed by atoms with Gasteiger partial charge >= 0.3 is 0 Å². The Bertz CT molecular complexity index is 292. The van der Waals surface area contributed by atoms with E-state index in [1.165, 1.54) is 0 Å². The number of allylic oxidation sites excluding steroid dienone is 1. The summed E-state index contributed by atoms with van der Waals surface area (Å²) in [5.41, 5.74) is 6.29. The maximum Gasteiger partial charge on any atom is 0.126 e. The molecule has 0 saturated heterocycles. The lowest BCUT2D eigenvalue weighted by molar-refractivity contribution is 1.10. The second kappa shape index (κ2) is 3.42. The predicted octanol–water partition coefficient (Wildman–Crippen LogP) is 0.919. The van der Waals surface area contributed by atoms with Crippen LogP contribution in [-0.2, 0) is 0 Å². The fraction of sp³-hybridized carbons (Fsp3) is 0.143. The van der Waals surface area contributed by atoms with Crippen LogP contribution in [0.1, 0.15) is 12.0 Å². The number of nitrogens with one attached hydrogen (secondary N) is 1. The minimum atomic E-state index is 0.393. The van der Waals surface area contributed by atoms with Crippen molar-refractivity contribution in [1.29, 1.82) is 5.26 Å². The average molecular weight is 148 g/mol. The van der Waals surface area contributed by atoms with E-state index in [0.717, 1.165) is 5.56 Å². The van der Waals surface area contributed by atoms with Crippen LogP contribution in [0.3, 0.4) is 0 Å². The highest BCUT2D eigenvalue weighted by Crippen LogP contribution is 2.07. The molecule has 1 aromatic heterocycles. The highest BCUT2D eigenvalue weighted by Gasteiger charge is 1.93. The summed E-state index contributed by atoms with van der Waals surface area (Å²) in [4.78, 5) is 0. The molecule has 0 aliphatic carbocycles. The molecule has 1 aromatic rings. The van der Waals surface area contributed by atoms with Gasteiger partial charge in [-0.3, -0.25) is 5.10 Å². The van der Waals surface area contributed by atoms with Gasteiger partial charge in [-0.05, 0) is 0 Å². The Morgan fingerprint density at radius 1 is 1.82 bits per heavy atom. The number of nitrogens with zero attached hydrogens (tertiary/aromatic N) is 2. The summed E-state index contributed by atoms with van der Waals surface area (Å²) in [5, 5.41) is 14.5. The number of nitrogens with two attached hydrogens (primary N) is 1. The topological polar surface area (TPSA) is 78.5 Å². The molecule has 3 N–H and O–H groups in total. The van der Waals surface area contributed by atoms with E-state index in [1.807, 2.05) is 6.07 Å². The lowest BCUT2D eigenvalue weighted by atomic mass is 10.3. The highest BCUT2D eigenvalue weighted by molar-refractivity contribution is 5.59. The van der Waals surface area contributed by atoms with E-state index >= 15 is 0 Å². The van der Waals surface area contributed by atoms with Crippen molar-refractivity contribution in [2.75, 3.05) is 5.73 Å². The Morgan fingerprint density at radius 2 is 2.64 bits per heavy atom. The van der Waals surface area contributed by atoms with Crippen molar-refractivity contribution >= 4 is 11.9 Å². The zero-order valence-electron chi connectivity index (χ0n) is 5.91. The van der Waals surface area contributed by atoms with Gasteiger partial charge in [-0.15, -0.1) is 0 Å². The van der Waals surface area contributed by atoms with E-state index in [4.69, 9.17) is 11.0 Å². The van der Waals surface area contributed by atoms with Crippen LogP contribution in [0, 0.1) is 11.3 Å². The number of rotatable bonds is 2. The van der Waals surface area contributed by atoms with Gasteiger partial charge in [0.25, 0.3) is 0 Å². The van der Waals surface area contributed by atoms with Crippen LogP contribution in [0.5, 0.6) is 0 Å². The third-order valence-electron chi connectivity index (χ3n) is 1.21. The highest BCUT2D eigenvalue weighted by atomic mass is 15.1. The normalized spacial score (nSPS) is 10.1.